The Labute approximate surface area is 99.0 Å². The van der Waals surface area contributed by atoms with Crippen LogP contribution in [0, 0.1) is 26.2 Å². The summed E-state index contributed by atoms with van der Waals surface area (Å²) in [5.41, 5.74) is 3.95. The third kappa shape index (κ3) is 2.90. The third-order valence-electron chi connectivity index (χ3n) is 3.20. The summed E-state index contributed by atoms with van der Waals surface area (Å²) in [6.07, 6.45) is 7.64. The van der Waals surface area contributed by atoms with Crippen molar-refractivity contribution in [2.45, 2.75) is 46.2 Å². The first-order valence-electron chi connectivity index (χ1n) is 5.91. The molecule has 2 heteroatoms. The van der Waals surface area contributed by atoms with Crippen molar-refractivity contribution < 1.29 is 0 Å². The van der Waals surface area contributed by atoms with E-state index in [2.05, 4.69) is 49.7 Å². The molecule has 0 fully saturated rings. The number of terminal acetylenes is 1. The molecule has 1 heterocycles. The van der Waals surface area contributed by atoms with E-state index in [-0.39, 0.29) is 6.04 Å². The van der Waals surface area contributed by atoms with E-state index in [4.69, 9.17) is 6.42 Å². The maximum atomic E-state index is 5.48. The number of hydrogen-bond donors (Lipinski definition) is 1. The zero-order chi connectivity index (χ0) is 12.1. The normalized spacial score (nSPS) is 12.4. The van der Waals surface area contributed by atoms with E-state index in [9.17, 15) is 0 Å². The molecule has 1 atom stereocenters. The van der Waals surface area contributed by atoms with Gasteiger partial charge < -0.3 is 4.57 Å². The SMILES string of the molecule is C#CC(CCC)NCc1cc(C)n(C)c1C. The molecule has 1 aromatic heterocycles. The Hall–Kier alpha value is -1.20. The van der Waals surface area contributed by atoms with Crippen molar-refractivity contribution in [3.8, 4) is 12.3 Å². The molecule has 0 radical (unpaired) electrons. The highest BCUT2D eigenvalue weighted by molar-refractivity contribution is 5.26. The number of aromatic nitrogens is 1. The molecular formula is C14H22N2. The predicted octanol–water partition coefficient (Wildman–Crippen LogP) is 2.53. The fraction of sp³-hybridized carbons (Fsp3) is 0.571. The van der Waals surface area contributed by atoms with Gasteiger partial charge in [0, 0.05) is 25.0 Å². The highest BCUT2D eigenvalue weighted by atomic mass is 15.0. The Morgan fingerprint density at radius 2 is 2.19 bits per heavy atom. The van der Waals surface area contributed by atoms with Crippen molar-refractivity contribution in [2.75, 3.05) is 0 Å². The minimum atomic E-state index is 0.199. The zero-order valence-corrected chi connectivity index (χ0v) is 10.8. The lowest BCUT2D eigenvalue weighted by Crippen LogP contribution is -2.26. The molecular weight excluding hydrogens is 196 g/mol. The molecule has 1 rings (SSSR count). The Morgan fingerprint density at radius 1 is 1.50 bits per heavy atom. The van der Waals surface area contributed by atoms with Crippen LogP contribution in [-0.2, 0) is 13.6 Å². The molecule has 0 spiro atoms. The van der Waals surface area contributed by atoms with E-state index in [0.717, 1.165) is 19.4 Å². The van der Waals surface area contributed by atoms with Gasteiger partial charge in [-0.3, -0.25) is 5.32 Å². The fourth-order valence-electron chi connectivity index (χ4n) is 1.88. The van der Waals surface area contributed by atoms with E-state index < -0.39 is 0 Å². The van der Waals surface area contributed by atoms with Crippen LogP contribution in [0.25, 0.3) is 0 Å². The Morgan fingerprint density at radius 3 is 2.62 bits per heavy atom. The molecule has 1 N–H and O–H groups in total. The van der Waals surface area contributed by atoms with E-state index in [1.807, 2.05) is 0 Å². The molecule has 0 bridgehead atoms. The Bertz CT molecular complexity index is 382. The van der Waals surface area contributed by atoms with Crippen molar-refractivity contribution in [1.29, 1.82) is 0 Å². The van der Waals surface area contributed by atoms with E-state index >= 15 is 0 Å². The van der Waals surface area contributed by atoms with Crippen LogP contribution in [0.3, 0.4) is 0 Å². The van der Waals surface area contributed by atoms with Crippen molar-refractivity contribution in [3.05, 3.63) is 23.0 Å². The van der Waals surface area contributed by atoms with Gasteiger partial charge in [-0.05, 0) is 31.9 Å². The van der Waals surface area contributed by atoms with Gasteiger partial charge in [0.2, 0.25) is 0 Å². The molecule has 88 valence electrons. The second-order valence-electron chi connectivity index (χ2n) is 4.34. The largest absolute Gasteiger partial charge is 0.352 e. The Balaban J connectivity index is 2.61. The number of nitrogens with one attached hydrogen (secondary N) is 1. The van der Waals surface area contributed by atoms with E-state index in [1.165, 1.54) is 17.0 Å². The first-order valence-corrected chi connectivity index (χ1v) is 5.91. The summed E-state index contributed by atoms with van der Waals surface area (Å²) in [5.74, 6) is 2.80. The van der Waals surface area contributed by atoms with E-state index in [0.29, 0.717) is 0 Å². The quantitative estimate of drug-likeness (QED) is 0.752. The molecule has 0 saturated heterocycles. The van der Waals surface area contributed by atoms with Crippen LogP contribution in [0.2, 0.25) is 0 Å². The Kier molecular flexibility index (Phi) is 4.64. The van der Waals surface area contributed by atoms with Gasteiger partial charge >= 0.3 is 0 Å². The van der Waals surface area contributed by atoms with E-state index in [1.54, 1.807) is 0 Å². The smallest absolute Gasteiger partial charge is 0.0689 e. The molecule has 1 aromatic rings. The number of rotatable bonds is 5. The summed E-state index contributed by atoms with van der Waals surface area (Å²) < 4.78 is 2.21. The topological polar surface area (TPSA) is 17.0 Å². The van der Waals surface area contributed by atoms with Crippen LogP contribution in [0.4, 0.5) is 0 Å². The monoisotopic (exact) mass is 218 g/mol. The molecule has 0 aromatic carbocycles. The first kappa shape index (κ1) is 12.9. The standard InChI is InChI=1S/C14H22N2/c1-6-8-14(7-2)15-10-13-9-11(3)16(5)12(13)4/h2,9,14-15H,6,8,10H2,1,3-5H3. The fourth-order valence-corrected chi connectivity index (χ4v) is 1.88. The summed E-state index contributed by atoms with van der Waals surface area (Å²) in [4.78, 5) is 0. The van der Waals surface area contributed by atoms with Crippen molar-refractivity contribution in [1.82, 2.24) is 9.88 Å². The zero-order valence-electron chi connectivity index (χ0n) is 10.8. The second-order valence-corrected chi connectivity index (χ2v) is 4.34. The number of nitrogens with zero attached hydrogens (tertiary/aromatic N) is 1. The van der Waals surface area contributed by atoms with Crippen LogP contribution >= 0.6 is 0 Å². The van der Waals surface area contributed by atoms with Gasteiger partial charge in [0.1, 0.15) is 0 Å². The van der Waals surface area contributed by atoms with Crippen LogP contribution in [0.5, 0.6) is 0 Å². The summed E-state index contributed by atoms with van der Waals surface area (Å²) in [5, 5.41) is 3.42. The first-order chi connectivity index (χ1) is 7.60. The van der Waals surface area contributed by atoms with Gasteiger partial charge in [0.05, 0.1) is 6.04 Å². The van der Waals surface area contributed by atoms with Gasteiger partial charge in [0.25, 0.3) is 0 Å². The summed E-state index contributed by atoms with van der Waals surface area (Å²) in [6.45, 7) is 7.29. The number of aryl methyl sites for hydroxylation is 1. The van der Waals surface area contributed by atoms with Crippen molar-refractivity contribution in [2.24, 2.45) is 7.05 Å². The molecule has 0 aliphatic rings. The third-order valence-corrected chi connectivity index (χ3v) is 3.20. The average Bonchev–Trinajstić information content (AvgIpc) is 2.52. The lowest BCUT2D eigenvalue weighted by molar-refractivity contribution is 0.561. The van der Waals surface area contributed by atoms with Crippen LogP contribution in [0.15, 0.2) is 6.07 Å². The van der Waals surface area contributed by atoms with Crippen LogP contribution in [-0.4, -0.2) is 10.6 Å². The highest BCUT2D eigenvalue weighted by Gasteiger charge is 2.08. The van der Waals surface area contributed by atoms with Gasteiger partial charge in [-0.15, -0.1) is 6.42 Å². The summed E-state index contributed by atoms with van der Waals surface area (Å²) in [7, 11) is 2.10. The highest BCUT2D eigenvalue weighted by Crippen LogP contribution is 2.13. The van der Waals surface area contributed by atoms with Crippen molar-refractivity contribution in [3.63, 3.8) is 0 Å². The van der Waals surface area contributed by atoms with Gasteiger partial charge in [0.15, 0.2) is 0 Å². The predicted molar refractivity (Wildman–Crippen MR) is 69.3 cm³/mol. The summed E-state index contributed by atoms with van der Waals surface area (Å²) in [6, 6.07) is 2.42. The molecule has 0 aliphatic carbocycles. The average molecular weight is 218 g/mol. The van der Waals surface area contributed by atoms with Crippen LogP contribution < -0.4 is 5.32 Å². The minimum Gasteiger partial charge on any atom is -0.352 e. The summed E-state index contributed by atoms with van der Waals surface area (Å²) >= 11 is 0. The number of hydrogen-bond acceptors (Lipinski definition) is 1. The molecule has 2 nitrogen and oxygen atoms in total. The molecule has 0 amide bonds. The second kappa shape index (κ2) is 5.77. The van der Waals surface area contributed by atoms with Gasteiger partial charge in [-0.1, -0.05) is 19.3 Å². The minimum absolute atomic E-state index is 0.199. The molecule has 0 aliphatic heterocycles. The van der Waals surface area contributed by atoms with Crippen LogP contribution in [0.1, 0.15) is 36.7 Å². The molecule has 16 heavy (non-hydrogen) atoms. The van der Waals surface area contributed by atoms with Gasteiger partial charge in [-0.2, -0.15) is 0 Å². The lowest BCUT2D eigenvalue weighted by Gasteiger charge is -2.11. The van der Waals surface area contributed by atoms with Gasteiger partial charge in [-0.25, -0.2) is 0 Å². The maximum absolute atomic E-state index is 5.48. The van der Waals surface area contributed by atoms with Crippen molar-refractivity contribution >= 4 is 0 Å². The molecule has 0 saturated carbocycles. The molecule has 1 unspecified atom stereocenters. The maximum Gasteiger partial charge on any atom is 0.0689 e. The lowest BCUT2D eigenvalue weighted by atomic mass is 10.1.